The fourth-order valence-corrected chi connectivity index (χ4v) is 5.60. The van der Waals surface area contributed by atoms with E-state index in [1.165, 1.54) is 13.8 Å². The topological polar surface area (TPSA) is 63.2 Å². The molecule has 2 aromatic carbocycles. The molecule has 1 amide bonds. The molecule has 0 saturated heterocycles. The van der Waals surface area contributed by atoms with Gasteiger partial charge >= 0.3 is 12.4 Å². The smallest absolute Gasteiger partial charge is 0.349 e. The Morgan fingerprint density at radius 2 is 1.56 bits per heavy atom. The first-order valence-electron chi connectivity index (χ1n) is 10.0. The zero-order chi connectivity index (χ0) is 25.7. The first-order chi connectivity index (χ1) is 15.4. The molecule has 1 aliphatic rings. The third-order valence-electron chi connectivity index (χ3n) is 6.15. The number of hydrogen-bond donors (Lipinski definition) is 1. The van der Waals surface area contributed by atoms with Crippen LogP contribution >= 0.6 is 0 Å². The highest BCUT2D eigenvalue weighted by atomic mass is 32.2. The average molecular weight is 511 g/mol. The third-order valence-corrected chi connectivity index (χ3v) is 8.75. The molecule has 0 spiro atoms. The summed E-state index contributed by atoms with van der Waals surface area (Å²) in [6, 6.07) is 4.69. The molecule has 3 rings (SSSR count). The van der Waals surface area contributed by atoms with Gasteiger partial charge in [-0.15, -0.1) is 0 Å². The standard InChI is InChI=1S/C22H20F7NO3S/c1-20(2,34(32,33)16-5-3-4-13(11-16)21(24,25)26)14-9-15(10-14)30-19(31)12-6-7-18(23)17(8-12)22(27,28)29/h3-8,11,14-15H,9-10H2,1-2H3,(H,30,31). The van der Waals surface area contributed by atoms with E-state index in [1.807, 2.05) is 0 Å². The Labute approximate surface area is 191 Å². The second-order valence-electron chi connectivity index (χ2n) is 8.66. The lowest BCUT2D eigenvalue weighted by atomic mass is 9.73. The van der Waals surface area contributed by atoms with Gasteiger partial charge < -0.3 is 5.32 Å². The highest BCUT2D eigenvalue weighted by Gasteiger charge is 2.49. The lowest BCUT2D eigenvalue weighted by Crippen LogP contribution is -2.53. The maximum absolute atomic E-state index is 13.4. The van der Waals surface area contributed by atoms with Crippen LogP contribution in [-0.4, -0.2) is 25.1 Å². The zero-order valence-corrected chi connectivity index (χ0v) is 18.7. The number of nitrogens with one attached hydrogen (secondary N) is 1. The minimum absolute atomic E-state index is 0.143. The lowest BCUT2D eigenvalue weighted by Gasteiger charge is -2.45. The summed E-state index contributed by atoms with van der Waals surface area (Å²) in [6.45, 7) is 2.75. The number of halogens is 7. The van der Waals surface area contributed by atoms with Crippen LogP contribution in [-0.2, 0) is 22.2 Å². The van der Waals surface area contributed by atoms with Crippen molar-refractivity contribution in [3.05, 3.63) is 65.0 Å². The number of hydrogen-bond acceptors (Lipinski definition) is 3. The van der Waals surface area contributed by atoms with Gasteiger partial charge in [0, 0.05) is 11.6 Å². The van der Waals surface area contributed by atoms with Gasteiger partial charge in [0.05, 0.1) is 20.8 Å². The first-order valence-corrected chi connectivity index (χ1v) is 11.5. The van der Waals surface area contributed by atoms with Crippen molar-refractivity contribution in [2.24, 2.45) is 5.92 Å². The van der Waals surface area contributed by atoms with E-state index < -0.39 is 72.2 Å². The van der Waals surface area contributed by atoms with E-state index in [4.69, 9.17) is 0 Å². The normalized spacial score (nSPS) is 19.4. The molecule has 34 heavy (non-hydrogen) atoms. The van der Waals surface area contributed by atoms with Crippen molar-refractivity contribution in [1.29, 1.82) is 0 Å². The van der Waals surface area contributed by atoms with Gasteiger partial charge in [0.15, 0.2) is 9.84 Å². The quantitative estimate of drug-likeness (QED) is 0.530. The number of carbonyl (C=O) groups excluding carboxylic acids is 1. The summed E-state index contributed by atoms with van der Waals surface area (Å²) in [5, 5.41) is 2.48. The molecule has 0 aliphatic heterocycles. The van der Waals surface area contributed by atoms with Crippen molar-refractivity contribution < 1.29 is 43.9 Å². The SMILES string of the molecule is CC(C)(C1CC(NC(=O)c2ccc(F)c(C(F)(F)F)c2)C1)S(=O)(=O)c1cccc(C(F)(F)F)c1. The number of carbonyl (C=O) groups is 1. The van der Waals surface area contributed by atoms with Gasteiger partial charge in [-0.25, -0.2) is 12.8 Å². The Kier molecular flexibility index (Phi) is 6.53. The van der Waals surface area contributed by atoms with E-state index >= 15 is 0 Å². The van der Waals surface area contributed by atoms with Crippen molar-refractivity contribution in [2.75, 3.05) is 0 Å². The molecule has 186 valence electrons. The number of amides is 1. The van der Waals surface area contributed by atoms with Crippen molar-refractivity contribution in [2.45, 2.75) is 54.7 Å². The van der Waals surface area contributed by atoms with Gasteiger partial charge in [-0.3, -0.25) is 4.79 Å². The Hall–Kier alpha value is -2.63. The Balaban J connectivity index is 1.71. The maximum atomic E-state index is 13.4. The van der Waals surface area contributed by atoms with E-state index in [0.29, 0.717) is 18.2 Å². The summed E-state index contributed by atoms with van der Waals surface area (Å²) in [4.78, 5) is 11.8. The lowest BCUT2D eigenvalue weighted by molar-refractivity contribution is -0.140. The monoisotopic (exact) mass is 511 g/mol. The Morgan fingerprint density at radius 1 is 0.941 bits per heavy atom. The third kappa shape index (κ3) is 4.91. The molecule has 1 fully saturated rings. The molecule has 1 saturated carbocycles. The highest BCUT2D eigenvalue weighted by molar-refractivity contribution is 7.92. The van der Waals surface area contributed by atoms with Crippen LogP contribution in [0.2, 0.25) is 0 Å². The van der Waals surface area contributed by atoms with Gasteiger partial charge in [0.25, 0.3) is 5.91 Å². The molecule has 0 atom stereocenters. The number of rotatable bonds is 5. The molecular weight excluding hydrogens is 491 g/mol. The molecule has 2 aromatic rings. The van der Waals surface area contributed by atoms with Crippen LogP contribution in [0.3, 0.4) is 0 Å². The van der Waals surface area contributed by atoms with Crippen LogP contribution in [0, 0.1) is 11.7 Å². The van der Waals surface area contributed by atoms with E-state index in [2.05, 4.69) is 5.32 Å². The van der Waals surface area contributed by atoms with Crippen LogP contribution in [0.4, 0.5) is 30.7 Å². The molecule has 0 unspecified atom stereocenters. The largest absolute Gasteiger partial charge is 0.419 e. The minimum Gasteiger partial charge on any atom is -0.349 e. The summed E-state index contributed by atoms with van der Waals surface area (Å²) < 4.78 is 116. The molecule has 1 N–H and O–H groups in total. The fraction of sp³-hybridized carbons (Fsp3) is 0.409. The van der Waals surface area contributed by atoms with Crippen LogP contribution in [0.1, 0.15) is 48.2 Å². The van der Waals surface area contributed by atoms with Crippen LogP contribution < -0.4 is 5.32 Å². The van der Waals surface area contributed by atoms with Crippen molar-refractivity contribution in [1.82, 2.24) is 5.32 Å². The Bertz CT molecular complexity index is 1200. The number of sulfone groups is 1. The van der Waals surface area contributed by atoms with Crippen molar-refractivity contribution >= 4 is 15.7 Å². The average Bonchev–Trinajstić information content (AvgIpc) is 2.68. The second kappa shape index (κ2) is 8.54. The number of benzene rings is 2. The molecule has 12 heteroatoms. The maximum Gasteiger partial charge on any atom is 0.419 e. The fourth-order valence-electron chi connectivity index (χ4n) is 3.82. The van der Waals surface area contributed by atoms with E-state index in [9.17, 15) is 43.9 Å². The van der Waals surface area contributed by atoms with Crippen LogP contribution in [0.15, 0.2) is 47.4 Å². The van der Waals surface area contributed by atoms with Gasteiger partial charge in [-0.1, -0.05) is 6.07 Å². The summed E-state index contributed by atoms with van der Waals surface area (Å²) in [6.07, 6.45) is -9.41. The summed E-state index contributed by atoms with van der Waals surface area (Å²) >= 11 is 0. The number of alkyl halides is 6. The predicted octanol–water partition coefficient (Wildman–Crippen LogP) is 5.62. The van der Waals surface area contributed by atoms with Crippen molar-refractivity contribution in [3.8, 4) is 0 Å². The molecule has 1 aliphatic carbocycles. The van der Waals surface area contributed by atoms with Gasteiger partial charge in [0.2, 0.25) is 0 Å². The predicted molar refractivity (Wildman–Crippen MR) is 108 cm³/mol. The highest BCUT2D eigenvalue weighted by Crippen LogP contribution is 2.44. The molecule has 0 bridgehead atoms. The molecule has 0 heterocycles. The van der Waals surface area contributed by atoms with Gasteiger partial charge in [0.1, 0.15) is 5.82 Å². The summed E-state index contributed by atoms with van der Waals surface area (Å²) in [5.74, 6) is -2.93. The molecular formula is C22H20F7NO3S. The first kappa shape index (κ1) is 26.0. The minimum atomic E-state index is -4.98. The molecule has 0 radical (unpaired) electrons. The molecule has 0 aromatic heterocycles. The summed E-state index contributed by atoms with van der Waals surface area (Å²) in [5.41, 5.74) is -3.09. The zero-order valence-electron chi connectivity index (χ0n) is 17.9. The van der Waals surface area contributed by atoms with E-state index in [-0.39, 0.29) is 12.8 Å². The second-order valence-corrected chi connectivity index (χ2v) is 11.2. The van der Waals surface area contributed by atoms with Crippen LogP contribution in [0.25, 0.3) is 0 Å². The van der Waals surface area contributed by atoms with Crippen molar-refractivity contribution in [3.63, 3.8) is 0 Å². The molecule has 4 nitrogen and oxygen atoms in total. The Morgan fingerprint density at radius 3 is 2.12 bits per heavy atom. The van der Waals surface area contributed by atoms with Gasteiger partial charge in [-0.05, 0) is 69.0 Å². The summed E-state index contributed by atoms with van der Waals surface area (Å²) in [7, 11) is -4.19. The van der Waals surface area contributed by atoms with Gasteiger partial charge in [-0.2, -0.15) is 26.3 Å². The van der Waals surface area contributed by atoms with E-state index in [1.54, 1.807) is 0 Å². The van der Waals surface area contributed by atoms with Crippen LogP contribution in [0.5, 0.6) is 0 Å². The van der Waals surface area contributed by atoms with E-state index in [0.717, 1.165) is 24.3 Å².